The van der Waals surface area contributed by atoms with Gasteiger partial charge in [0.2, 0.25) is 0 Å². The van der Waals surface area contributed by atoms with E-state index in [-0.39, 0.29) is 17.1 Å². The largest absolute Gasteiger partial charge is 0.506 e. The summed E-state index contributed by atoms with van der Waals surface area (Å²) in [4.78, 5) is 20.4. The molecule has 0 saturated heterocycles. The molecule has 20 heavy (non-hydrogen) atoms. The normalized spacial score (nSPS) is 12.1. The standard InChI is InChI=1S/C11H9F3N2O4/c1-6(4-10(18)11(12,13)14)15-8-3-2-7(16(19)20)5-9(8)17/h2-5,15,17H,1H3/b6-4-. The van der Waals surface area contributed by atoms with Gasteiger partial charge in [-0.25, -0.2) is 0 Å². The fraction of sp³-hybridized carbons (Fsp3) is 0.182. The topological polar surface area (TPSA) is 92.5 Å². The van der Waals surface area contributed by atoms with Gasteiger partial charge in [-0.1, -0.05) is 0 Å². The van der Waals surface area contributed by atoms with E-state index in [0.717, 1.165) is 18.2 Å². The summed E-state index contributed by atoms with van der Waals surface area (Å²) in [5.41, 5.74) is -0.600. The Morgan fingerprint density at radius 2 is 2.05 bits per heavy atom. The molecule has 9 heteroatoms. The lowest BCUT2D eigenvalue weighted by molar-refractivity contribution is -0.384. The third-order valence-corrected chi connectivity index (χ3v) is 2.15. The molecule has 0 aliphatic heterocycles. The molecule has 0 fully saturated rings. The molecule has 2 N–H and O–H groups in total. The molecule has 6 nitrogen and oxygen atoms in total. The molecule has 0 aliphatic carbocycles. The molecule has 0 radical (unpaired) electrons. The van der Waals surface area contributed by atoms with Gasteiger partial charge in [-0.2, -0.15) is 13.2 Å². The molecule has 0 unspecified atom stereocenters. The van der Waals surface area contributed by atoms with Gasteiger partial charge in [-0.15, -0.1) is 0 Å². The zero-order valence-electron chi connectivity index (χ0n) is 10.1. The Morgan fingerprint density at radius 1 is 1.45 bits per heavy atom. The third-order valence-electron chi connectivity index (χ3n) is 2.15. The number of allylic oxidation sites excluding steroid dienone is 2. The van der Waals surface area contributed by atoms with Gasteiger partial charge in [0.1, 0.15) is 5.75 Å². The lowest BCUT2D eigenvalue weighted by Crippen LogP contribution is -2.21. The van der Waals surface area contributed by atoms with Crippen LogP contribution in [0.3, 0.4) is 0 Å². The summed E-state index contributed by atoms with van der Waals surface area (Å²) < 4.78 is 36.1. The van der Waals surface area contributed by atoms with E-state index < -0.39 is 22.6 Å². The highest BCUT2D eigenvalue weighted by molar-refractivity contribution is 5.95. The van der Waals surface area contributed by atoms with E-state index in [4.69, 9.17) is 0 Å². The molecule has 0 amide bonds. The van der Waals surface area contributed by atoms with Crippen molar-refractivity contribution in [2.24, 2.45) is 0 Å². The van der Waals surface area contributed by atoms with Crippen molar-refractivity contribution in [2.45, 2.75) is 13.1 Å². The molecule has 0 aromatic heterocycles. The highest BCUT2D eigenvalue weighted by Crippen LogP contribution is 2.29. The summed E-state index contributed by atoms with van der Waals surface area (Å²) >= 11 is 0. The number of nitrogens with one attached hydrogen (secondary N) is 1. The number of rotatable bonds is 4. The number of phenolic OH excluding ortho intramolecular Hbond substituents is 1. The van der Waals surface area contributed by atoms with Gasteiger partial charge in [0.05, 0.1) is 16.7 Å². The molecule has 1 aromatic rings. The Kier molecular flexibility index (Phi) is 4.33. The van der Waals surface area contributed by atoms with Crippen LogP contribution in [0.4, 0.5) is 24.5 Å². The van der Waals surface area contributed by atoms with Gasteiger partial charge in [0, 0.05) is 17.8 Å². The van der Waals surface area contributed by atoms with Crippen LogP contribution in [0.15, 0.2) is 30.0 Å². The third kappa shape index (κ3) is 3.97. The van der Waals surface area contributed by atoms with E-state index in [1.807, 2.05) is 0 Å². The van der Waals surface area contributed by atoms with Crippen LogP contribution in [0.2, 0.25) is 0 Å². The maximum absolute atomic E-state index is 12.0. The minimum absolute atomic E-state index is 0.0562. The molecule has 1 rings (SSSR count). The summed E-state index contributed by atoms with van der Waals surface area (Å²) in [6.45, 7) is 1.19. The lowest BCUT2D eigenvalue weighted by Gasteiger charge is -2.09. The number of carbonyl (C=O) groups excluding carboxylic acids is 1. The van der Waals surface area contributed by atoms with Crippen molar-refractivity contribution in [1.29, 1.82) is 0 Å². The van der Waals surface area contributed by atoms with Crippen LogP contribution in [0.5, 0.6) is 5.75 Å². The smallest absolute Gasteiger partial charge is 0.454 e. The van der Waals surface area contributed by atoms with Gasteiger partial charge in [-0.05, 0) is 13.0 Å². The number of anilines is 1. The Labute approximate surface area is 110 Å². The Hall–Kier alpha value is -2.58. The monoisotopic (exact) mass is 290 g/mol. The van der Waals surface area contributed by atoms with Crippen LogP contribution in [-0.2, 0) is 4.79 Å². The number of halogens is 3. The first-order valence-electron chi connectivity index (χ1n) is 5.15. The number of hydrogen-bond acceptors (Lipinski definition) is 5. The van der Waals surface area contributed by atoms with Gasteiger partial charge in [-0.3, -0.25) is 14.9 Å². The molecule has 0 spiro atoms. The number of non-ortho nitro benzene ring substituents is 1. The van der Waals surface area contributed by atoms with Crippen molar-refractivity contribution < 1.29 is 28.0 Å². The molecular weight excluding hydrogens is 281 g/mol. The molecule has 108 valence electrons. The van der Waals surface area contributed by atoms with E-state index in [1.165, 1.54) is 6.92 Å². The van der Waals surface area contributed by atoms with Gasteiger partial charge in [0.25, 0.3) is 11.5 Å². The zero-order chi connectivity index (χ0) is 15.5. The maximum Gasteiger partial charge on any atom is 0.454 e. The number of nitro benzene ring substituents is 1. The van der Waals surface area contributed by atoms with Gasteiger partial charge >= 0.3 is 6.18 Å². The van der Waals surface area contributed by atoms with E-state index >= 15 is 0 Å². The first kappa shape index (κ1) is 15.5. The number of benzene rings is 1. The number of carbonyl (C=O) groups is 1. The quantitative estimate of drug-likeness (QED) is 0.385. The number of ketones is 1. The lowest BCUT2D eigenvalue weighted by atomic mass is 10.2. The summed E-state index contributed by atoms with van der Waals surface area (Å²) in [5.74, 6) is -2.57. The van der Waals surface area contributed by atoms with Crippen molar-refractivity contribution in [3.05, 3.63) is 40.1 Å². The molecule has 0 heterocycles. The molecule has 0 aliphatic rings. The number of hydrogen-bond donors (Lipinski definition) is 2. The summed E-state index contributed by atoms with van der Waals surface area (Å²) in [7, 11) is 0. The number of aromatic hydroxyl groups is 1. The second-order valence-electron chi connectivity index (χ2n) is 3.77. The highest BCUT2D eigenvalue weighted by Gasteiger charge is 2.36. The Bertz CT molecular complexity index is 582. The summed E-state index contributed by atoms with van der Waals surface area (Å²) in [5, 5.41) is 22.3. The van der Waals surface area contributed by atoms with Crippen molar-refractivity contribution in [3.8, 4) is 5.75 Å². The summed E-state index contributed by atoms with van der Waals surface area (Å²) in [6.07, 6.45) is -4.67. The van der Waals surface area contributed by atoms with Gasteiger partial charge < -0.3 is 10.4 Å². The molecule has 0 saturated carbocycles. The van der Waals surface area contributed by atoms with Crippen LogP contribution in [0.25, 0.3) is 0 Å². The predicted molar refractivity (Wildman–Crippen MR) is 63.2 cm³/mol. The number of phenols is 1. The van der Waals surface area contributed by atoms with Crippen LogP contribution in [0, 0.1) is 10.1 Å². The van der Waals surface area contributed by atoms with Crippen LogP contribution < -0.4 is 5.32 Å². The number of nitrogens with zero attached hydrogens (tertiary/aromatic N) is 1. The highest BCUT2D eigenvalue weighted by atomic mass is 19.4. The van der Waals surface area contributed by atoms with Crippen molar-refractivity contribution in [2.75, 3.05) is 5.32 Å². The predicted octanol–water partition coefficient (Wildman–Crippen LogP) is 2.75. The van der Waals surface area contributed by atoms with Gasteiger partial charge in [0.15, 0.2) is 0 Å². The van der Waals surface area contributed by atoms with E-state index in [0.29, 0.717) is 6.08 Å². The van der Waals surface area contributed by atoms with Crippen molar-refractivity contribution in [1.82, 2.24) is 0 Å². The van der Waals surface area contributed by atoms with Crippen LogP contribution >= 0.6 is 0 Å². The first-order chi connectivity index (χ1) is 9.11. The van der Waals surface area contributed by atoms with Crippen LogP contribution in [-0.4, -0.2) is 22.0 Å². The molecule has 0 bridgehead atoms. The second kappa shape index (κ2) is 5.59. The Balaban J connectivity index is 2.92. The minimum Gasteiger partial charge on any atom is -0.506 e. The SMILES string of the molecule is C/C(=C/C(=O)C(F)(F)F)Nc1ccc([N+](=O)[O-])cc1O. The molecule has 0 atom stereocenters. The number of alkyl halides is 3. The fourth-order valence-corrected chi connectivity index (χ4v) is 1.27. The van der Waals surface area contributed by atoms with E-state index in [9.17, 15) is 33.2 Å². The average molecular weight is 290 g/mol. The summed E-state index contributed by atoms with van der Waals surface area (Å²) in [6, 6.07) is 3.00. The fourth-order valence-electron chi connectivity index (χ4n) is 1.27. The molecular formula is C11H9F3N2O4. The second-order valence-corrected chi connectivity index (χ2v) is 3.77. The maximum atomic E-state index is 12.0. The zero-order valence-corrected chi connectivity index (χ0v) is 10.1. The van der Waals surface area contributed by atoms with E-state index in [2.05, 4.69) is 5.32 Å². The van der Waals surface area contributed by atoms with Crippen molar-refractivity contribution in [3.63, 3.8) is 0 Å². The Morgan fingerprint density at radius 3 is 2.50 bits per heavy atom. The van der Waals surface area contributed by atoms with E-state index in [1.54, 1.807) is 0 Å². The number of nitro groups is 1. The molecule has 1 aromatic carbocycles. The average Bonchev–Trinajstić information content (AvgIpc) is 2.30. The van der Waals surface area contributed by atoms with Crippen molar-refractivity contribution >= 4 is 17.2 Å². The minimum atomic E-state index is -4.99. The first-order valence-corrected chi connectivity index (χ1v) is 5.15. The van der Waals surface area contributed by atoms with Crippen LogP contribution in [0.1, 0.15) is 6.92 Å².